The Morgan fingerprint density at radius 3 is 2.85 bits per heavy atom. The lowest BCUT2D eigenvalue weighted by Crippen LogP contribution is -2.33. The molecule has 0 radical (unpaired) electrons. The highest BCUT2D eigenvalue weighted by Crippen LogP contribution is 2.26. The van der Waals surface area contributed by atoms with Gasteiger partial charge in [-0.05, 0) is 36.2 Å². The van der Waals surface area contributed by atoms with Crippen LogP contribution in [-0.2, 0) is 26.7 Å². The van der Waals surface area contributed by atoms with Gasteiger partial charge in [-0.1, -0.05) is 24.3 Å². The smallest absolute Gasteiger partial charge is 0.111 e. The van der Waals surface area contributed by atoms with Crippen molar-refractivity contribution in [1.82, 2.24) is 24.2 Å². The normalized spacial score (nSPS) is 14.6. The van der Waals surface area contributed by atoms with E-state index in [0.29, 0.717) is 0 Å². The van der Waals surface area contributed by atoms with Crippen LogP contribution in [0.2, 0.25) is 0 Å². The molecule has 27 heavy (non-hydrogen) atoms. The van der Waals surface area contributed by atoms with Crippen LogP contribution >= 0.6 is 0 Å². The van der Waals surface area contributed by atoms with Gasteiger partial charge in [-0.25, -0.2) is 0 Å². The van der Waals surface area contributed by atoms with Crippen LogP contribution in [0.15, 0.2) is 54.9 Å². The lowest BCUT2D eigenvalue weighted by molar-refractivity contribution is 0.206. The maximum absolute atomic E-state index is 4.80. The van der Waals surface area contributed by atoms with E-state index in [2.05, 4.69) is 75.7 Å². The summed E-state index contributed by atoms with van der Waals surface area (Å²) in [4.78, 5) is 7.03. The van der Waals surface area contributed by atoms with Gasteiger partial charge in [0.15, 0.2) is 0 Å². The van der Waals surface area contributed by atoms with Crippen LogP contribution in [0.5, 0.6) is 0 Å². The first kappa shape index (κ1) is 16.3. The molecule has 0 atom stereocenters. The highest BCUT2D eigenvalue weighted by Gasteiger charge is 2.21. The molecule has 0 fully saturated rings. The highest BCUT2D eigenvalue weighted by atomic mass is 15.3. The number of para-hydroxylation sites is 1. The second-order valence-corrected chi connectivity index (χ2v) is 7.41. The molecular formula is C22H23N5. The molecule has 0 spiro atoms. The van der Waals surface area contributed by atoms with Gasteiger partial charge in [-0.2, -0.15) is 5.10 Å². The molecule has 136 valence electrons. The molecule has 0 saturated heterocycles. The number of aromatic nitrogens is 4. The van der Waals surface area contributed by atoms with Crippen LogP contribution in [0.1, 0.15) is 16.8 Å². The van der Waals surface area contributed by atoms with Crippen LogP contribution in [-0.4, -0.2) is 30.8 Å². The van der Waals surface area contributed by atoms with E-state index in [4.69, 9.17) is 5.10 Å². The van der Waals surface area contributed by atoms with Crippen LogP contribution in [0.4, 0.5) is 0 Å². The molecule has 5 heteroatoms. The minimum atomic E-state index is 0.919. The third-order valence-corrected chi connectivity index (χ3v) is 5.50. The first-order valence-corrected chi connectivity index (χ1v) is 9.43. The molecule has 1 aliphatic heterocycles. The summed E-state index contributed by atoms with van der Waals surface area (Å²) in [5.41, 5.74) is 7.08. The van der Waals surface area contributed by atoms with Gasteiger partial charge < -0.3 is 4.57 Å². The lowest BCUT2D eigenvalue weighted by atomic mass is 10.1. The van der Waals surface area contributed by atoms with E-state index in [1.54, 1.807) is 0 Å². The highest BCUT2D eigenvalue weighted by molar-refractivity contribution is 5.83. The maximum atomic E-state index is 4.80. The summed E-state index contributed by atoms with van der Waals surface area (Å²) < 4.78 is 4.36. The van der Waals surface area contributed by atoms with Crippen molar-refractivity contribution >= 4 is 10.9 Å². The van der Waals surface area contributed by atoms with E-state index in [9.17, 15) is 0 Å². The number of aryl methyl sites for hydroxylation is 2. The molecule has 4 heterocycles. The van der Waals surface area contributed by atoms with Gasteiger partial charge in [0.05, 0.1) is 17.9 Å². The third kappa shape index (κ3) is 2.84. The predicted molar refractivity (Wildman–Crippen MR) is 107 cm³/mol. The fraction of sp³-hybridized carbons (Fsp3) is 0.273. The first-order chi connectivity index (χ1) is 13.2. The van der Waals surface area contributed by atoms with E-state index >= 15 is 0 Å². The molecule has 0 aliphatic carbocycles. The Hall–Kier alpha value is -2.92. The van der Waals surface area contributed by atoms with Crippen LogP contribution in [0, 0.1) is 6.92 Å². The Morgan fingerprint density at radius 1 is 1.07 bits per heavy atom. The predicted octanol–water partition coefficient (Wildman–Crippen LogP) is 3.76. The Kier molecular flexibility index (Phi) is 3.83. The van der Waals surface area contributed by atoms with Crippen molar-refractivity contribution in [2.75, 3.05) is 6.54 Å². The Balaban J connectivity index is 1.41. The number of rotatable bonds is 3. The quantitative estimate of drug-likeness (QED) is 0.560. The molecule has 1 aliphatic rings. The molecule has 0 N–H and O–H groups in total. The fourth-order valence-corrected chi connectivity index (χ4v) is 4.12. The summed E-state index contributed by atoms with van der Waals surface area (Å²) in [6, 6.07) is 14.9. The summed E-state index contributed by atoms with van der Waals surface area (Å²) in [5, 5.41) is 6.15. The van der Waals surface area contributed by atoms with Gasteiger partial charge in [0.2, 0.25) is 0 Å². The van der Waals surface area contributed by atoms with Crippen molar-refractivity contribution < 1.29 is 0 Å². The van der Waals surface area contributed by atoms with E-state index in [1.807, 2.05) is 12.3 Å². The molecule has 0 saturated carbocycles. The molecule has 5 nitrogen and oxygen atoms in total. The van der Waals surface area contributed by atoms with Crippen molar-refractivity contribution in [3.63, 3.8) is 0 Å². The van der Waals surface area contributed by atoms with Crippen LogP contribution < -0.4 is 0 Å². The summed E-state index contributed by atoms with van der Waals surface area (Å²) in [6.07, 6.45) is 4.10. The second kappa shape index (κ2) is 6.35. The van der Waals surface area contributed by atoms with Crippen molar-refractivity contribution in [3.8, 4) is 11.4 Å². The zero-order valence-corrected chi connectivity index (χ0v) is 15.8. The molecule has 3 aromatic heterocycles. The first-order valence-electron chi connectivity index (χ1n) is 9.43. The number of nitrogens with zero attached hydrogens (tertiary/aromatic N) is 5. The zero-order valence-electron chi connectivity index (χ0n) is 15.8. The van der Waals surface area contributed by atoms with E-state index < -0.39 is 0 Å². The standard InChI is InChI=1S/C22H23N5/c1-16-6-5-9-23-22(16)20-12-18-15-26(10-11-27(18)24-20)14-17-13-25(2)21-8-4-3-7-19(17)21/h3-9,12-13H,10-11,14-15H2,1-2H3. The monoisotopic (exact) mass is 357 g/mol. The van der Waals surface area contributed by atoms with E-state index in [-0.39, 0.29) is 0 Å². The van der Waals surface area contributed by atoms with Gasteiger partial charge >= 0.3 is 0 Å². The summed E-state index contributed by atoms with van der Waals surface area (Å²) >= 11 is 0. The van der Waals surface area contributed by atoms with Gasteiger partial charge in [-0.15, -0.1) is 0 Å². The molecule has 0 amide bonds. The molecule has 4 aromatic rings. The topological polar surface area (TPSA) is 38.9 Å². The summed E-state index contributed by atoms with van der Waals surface area (Å²) in [7, 11) is 2.12. The minimum Gasteiger partial charge on any atom is -0.350 e. The van der Waals surface area contributed by atoms with E-state index in [1.165, 1.54) is 27.7 Å². The number of pyridine rings is 1. The number of fused-ring (bicyclic) bond motifs is 2. The fourth-order valence-electron chi connectivity index (χ4n) is 4.12. The van der Waals surface area contributed by atoms with Gasteiger partial charge in [0.25, 0.3) is 0 Å². The van der Waals surface area contributed by atoms with Crippen LogP contribution in [0.3, 0.4) is 0 Å². The number of hydrogen-bond donors (Lipinski definition) is 0. The molecule has 0 unspecified atom stereocenters. The Bertz CT molecular complexity index is 1120. The van der Waals surface area contributed by atoms with Crippen molar-refractivity contribution in [3.05, 3.63) is 71.7 Å². The number of hydrogen-bond acceptors (Lipinski definition) is 3. The second-order valence-electron chi connectivity index (χ2n) is 7.41. The average molecular weight is 357 g/mol. The van der Waals surface area contributed by atoms with E-state index in [0.717, 1.165) is 37.6 Å². The SMILES string of the molecule is Cc1cccnc1-c1cc2n(n1)CCN(Cc1cn(C)c3ccccc13)C2. The molecule has 1 aromatic carbocycles. The summed E-state index contributed by atoms with van der Waals surface area (Å²) in [5.74, 6) is 0. The molecular weight excluding hydrogens is 334 g/mol. The Labute approximate surface area is 158 Å². The minimum absolute atomic E-state index is 0.919. The average Bonchev–Trinajstić information content (AvgIpc) is 3.24. The Morgan fingerprint density at radius 2 is 1.96 bits per heavy atom. The van der Waals surface area contributed by atoms with Crippen molar-refractivity contribution in [2.24, 2.45) is 7.05 Å². The lowest BCUT2D eigenvalue weighted by Gasteiger charge is -2.27. The largest absolute Gasteiger partial charge is 0.350 e. The van der Waals surface area contributed by atoms with Crippen molar-refractivity contribution in [1.29, 1.82) is 0 Å². The maximum Gasteiger partial charge on any atom is 0.111 e. The number of benzene rings is 1. The van der Waals surface area contributed by atoms with Crippen LogP contribution in [0.25, 0.3) is 22.3 Å². The van der Waals surface area contributed by atoms with Gasteiger partial charge in [0, 0.05) is 50.0 Å². The zero-order chi connectivity index (χ0) is 18.4. The third-order valence-electron chi connectivity index (χ3n) is 5.50. The molecule has 0 bridgehead atoms. The summed E-state index contributed by atoms with van der Waals surface area (Å²) in [6.45, 7) is 5.91. The molecule has 5 rings (SSSR count). The van der Waals surface area contributed by atoms with Crippen molar-refractivity contribution in [2.45, 2.75) is 26.6 Å². The van der Waals surface area contributed by atoms with Gasteiger partial charge in [0.1, 0.15) is 5.69 Å². The van der Waals surface area contributed by atoms with Gasteiger partial charge in [-0.3, -0.25) is 14.6 Å².